The van der Waals surface area contributed by atoms with Crippen LogP contribution in [-0.4, -0.2) is 29.0 Å². The van der Waals surface area contributed by atoms with E-state index in [-0.39, 0.29) is 11.8 Å². The number of benzene rings is 1. The first-order valence-electron chi connectivity index (χ1n) is 8.61. The summed E-state index contributed by atoms with van der Waals surface area (Å²) in [6, 6.07) is 9.53. The number of rotatable bonds is 4. The Morgan fingerprint density at radius 1 is 1.28 bits per heavy atom. The Balaban J connectivity index is 1.62. The molecule has 1 aromatic heterocycles. The molecular weight excluding hydrogens is 336 g/mol. The number of halogens is 1. The highest BCUT2D eigenvalue weighted by Gasteiger charge is 2.27. The largest absolute Gasteiger partial charge is 0.352 e. The first kappa shape index (κ1) is 17.7. The van der Waals surface area contributed by atoms with Gasteiger partial charge in [0.2, 0.25) is 11.9 Å². The van der Waals surface area contributed by atoms with E-state index in [0.29, 0.717) is 18.1 Å². The van der Waals surface area contributed by atoms with E-state index in [1.54, 1.807) is 0 Å². The zero-order chi connectivity index (χ0) is 17.8. The molecule has 1 amide bonds. The van der Waals surface area contributed by atoms with Crippen LogP contribution in [0.15, 0.2) is 30.3 Å². The minimum Gasteiger partial charge on any atom is -0.352 e. The van der Waals surface area contributed by atoms with E-state index in [4.69, 9.17) is 11.6 Å². The number of anilines is 1. The number of nitrogens with one attached hydrogen (secondary N) is 1. The summed E-state index contributed by atoms with van der Waals surface area (Å²) in [5, 5.41) is 3.69. The Kier molecular flexibility index (Phi) is 5.53. The summed E-state index contributed by atoms with van der Waals surface area (Å²) in [7, 11) is 0. The number of aromatic nitrogens is 2. The van der Waals surface area contributed by atoms with Crippen molar-refractivity contribution in [3.8, 4) is 0 Å². The minimum atomic E-state index is -0.0549. The number of amides is 1. The first-order chi connectivity index (χ1) is 12.0. The predicted octanol–water partition coefficient (Wildman–Crippen LogP) is 3.28. The van der Waals surface area contributed by atoms with Crippen LogP contribution in [0.4, 0.5) is 5.95 Å². The van der Waals surface area contributed by atoms with Crippen molar-refractivity contribution in [3.05, 3.63) is 52.3 Å². The van der Waals surface area contributed by atoms with Crippen molar-refractivity contribution in [2.24, 2.45) is 5.92 Å². The Morgan fingerprint density at radius 2 is 2.00 bits per heavy atom. The lowest BCUT2D eigenvalue weighted by Gasteiger charge is -2.32. The van der Waals surface area contributed by atoms with Crippen LogP contribution in [0.5, 0.6) is 0 Å². The van der Waals surface area contributed by atoms with Crippen LogP contribution < -0.4 is 10.2 Å². The minimum absolute atomic E-state index is 0.0549. The van der Waals surface area contributed by atoms with E-state index in [2.05, 4.69) is 20.2 Å². The van der Waals surface area contributed by atoms with Gasteiger partial charge in [0, 0.05) is 36.0 Å². The summed E-state index contributed by atoms with van der Waals surface area (Å²) in [4.78, 5) is 23.7. The van der Waals surface area contributed by atoms with Crippen LogP contribution in [-0.2, 0) is 11.3 Å². The second-order valence-corrected chi connectivity index (χ2v) is 6.95. The molecule has 1 N–H and O–H groups in total. The van der Waals surface area contributed by atoms with Crippen LogP contribution in [0, 0.1) is 19.8 Å². The van der Waals surface area contributed by atoms with Gasteiger partial charge in [0.05, 0.1) is 5.92 Å². The van der Waals surface area contributed by atoms with Crippen molar-refractivity contribution in [2.75, 3.05) is 18.0 Å². The SMILES string of the molecule is Cc1cc(C)nc(N2CCCC(C(=O)NCc3ccccc3Cl)C2)n1. The summed E-state index contributed by atoms with van der Waals surface area (Å²) in [6.07, 6.45) is 1.84. The van der Waals surface area contributed by atoms with Gasteiger partial charge >= 0.3 is 0 Å². The number of nitrogens with zero attached hydrogens (tertiary/aromatic N) is 3. The maximum atomic E-state index is 12.6. The molecule has 2 heterocycles. The molecule has 25 heavy (non-hydrogen) atoms. The monoisotopic (exact) mass is 358 g/mol. The zero-order valence-corrected chi connectivity index (χ0v) is 15.4. The highest BCUT2D eigenvalue weighted by Crippen LogP contribution is 2.22. The maximum absolute atomic E-state index is 12.6. The molecule has 1 aliphatic rings. The van der Waals surface area contributed by atoms with Crippen LogP contribution in [0.25, 0.3) is 0 Å². The molecule has 1 aliphatic heterocycles. The Morgan fingerprint density at radius 3 is 2.72 bits per heavy atom. The lowest BCUT2D eigenvalue weighted by Crippen LogP contribution is -2.43. The van der Waals surface area contributed by atoms with Crippen LogP contribution >= 0.6 is 11.6 Å². The molecule has 0 saturated carbocycles. The van der Waals surface area contributed by atoms with Gasteiger partial charge in [0.25, 0.3) is 0 Å². The lowest BCUT2D eigenvalue weighted by molar-refractivity contribution is -0.125. The Hall–Kier alpha value is -2.14. The van der Waals surface area contributed by atoms with Crippen LogP contribution in [0.3, 0.4) is 0 Å². The number of aryl methyl sites for hydroxylation is 2. The first-order valence-corrected chi connectivity index (χ1v) is 8.99. The van der Waals surface area contributed by atoms with Gasteiger partial charge in [-0.15, -0.1) is 0 Å². The number of piperidine rings is 1. The molecule has 132 valence electrons. The summed E-state index contributed by atoms with van der Waals surface area (Å²) < 4.78 is 0. The molecule has 1 unspecified atom stereocenters. The molecule has 2 aromatic rings. The average molecular weight is 359 g/mol. The smallest absolute Gasteiger partial charge is 0.225 e. The molecule has 0 radical (unpaired) electrons. The third-order valence-electron chi connectivity index (χ3n) is 4.46. The molecule has 0 aliphatic carbocycles. The van der Waals surface area contributed by atoms with Gasteiger partial charge in [0.1, 0.15) is 0 Å². The van der Waals surface area contributed by atoms with E-state index in [1.165, 1.54) is 0 Å². The number of hydrogen-bond donors (Lipinski definition) is 1. The molecule has 3 rings (SSSR count). The zero-order valence-electron chi connectivity index (χ0n) is 14.6. The van der Waals surface area contributed by atoms with Gasteiger partial charge in [-0.2, -0.15) is 0 Å². The lowest BCUT2D eigenvalue weighted by atomic mass is 9.97. The Labute approximate surface area is 153 Å². The number of carbonyl (C=O) groups excluding carboxylic acids is 1. The van der Waals surface area contributed by atoms with Crippen LogP contribution in [0.1, 0.15) is 29.8 Å². The summed E-state index contributed by atoms with van der Waals surface area (Å²) in [6.45, 7) is 5.93. The van der Waals surface area contributed by atoms with Crippen molar-refractivity contribution < 1.29 is 4.79 Å². The summed E-state index contributed by atoms with van der Waals surface area (Å²) >= 11 is 6.15. The van der Waals surface area contributed by atoms with E-state index in [9.17, 15) is 4.79 Å². The van der Waals surface area contributed by atoms with Crippen molar-refractivity contribution >= 4 is 23.5 Å². The molecule has 1 fully saturated rings. The van der Waals surface area contributed by atoms with E-state index in [0.717, 1.165) is 42.3 Å². The Bertz CT molecular complexity index is 745. The highest BCUT2D eigenvalue weighted by molar-refractivity contribution is 6.31. The van der Waals surface area contributed by atoms with Gasteiger partial charge in [-0.1, -0.05) is 29.8 Å². The summed E-state index contributed by atoms with van der Waals surface area (Å²) in [5.74, 6) is 0.732. The van der Waals surface area contributed by atoms with Gasteiger partial charge in [0.15, 0.2) is 0 Å². The van der Waals surface area contributed by atoms with Crippen molar-refractivity contribution in [1.29, 1.82) is 0 Å². The van der Waals surface area contributed by atoms with Crippen molar-refractivity contribution in [2.45, 2.75) is 33.2 Å². The third kappa shape index (κ3) is 4.48. The molecular formula is C19H23ClN4O. The van der Waals surface area contributed by atoms with Gasteiger partial charge in [-0.3, -0.25) is 4.79 Å². The van der Waals surface area contributed by atoms with Gasteiger partial charge < -0.3 is 10.2 Å². The number of hydrogen-bond acceptors (Lipinski definition) is 4. The topological polar surface area (TPSA) is 58.1 Å². The fourth-order valence-corrected chi connectivity index (χ4v) is 3.39. The van der Waals surface area contributed by atoms with E-state index < -0.39 is 0 Å². The average Bonchev–Trinajstić information content (AvgIpc) is 2.60. The van der Waals surface area contributed by atoms with Crippen LogP contribution in [0.2, 0.25) is 5.02 Å². The second kappa shape index (κ2) is 7.83. The van der Waals surface area contributed by atoms with E-state index in [1.807, 2.05) is 44.2 Å². The maximum Gasteiger partial charge on any atom is 0.225 e. The normalized spacial score (nSPS) is 17.4. The molecule has 1 saturated heterocycles. The fourth-order valence-electron chi connectivity index (χ4n) is 3.19. The van der Waals surface area contributed by atoms with E-state index >= 15 is 0 Å². The highest BCUT2D eigenvalue weighted by atomic mass is 35.5. The molecule has 0 bridgehead atoms. The molecule has 5 nitrogen and oxygen atoms in total. The van der Waals surface area contributed by atoms with Gasteiger partial charge in [-0.05, 0) is 44.4 Å². The molecule has 1 atom stereocenters. The van der Waals surface area contributed by atoms with Crippen molar-refractivity contribution in [1.82, 2.24) is 15.3 Å². The second-order valence-electron chi connectivity index (χ2n) is 6.55. The molecule has 1 aromatic carbocycles. The molecule has 0 spiro atoms. The quantitative estimate of drug-likeness (QED) is 0.911. The molecule has 6 heteroatoms. The van der Waals surface area contributed by atoms with Gasteiger partial charge in [-0.25, -0.2) is 9.97 Å². The third-order valence-corrected chi connectivity index (χ3v) is 4.83. The standard InChI is InChI=1S/C19H23ClN4O/c1-13-10-14(2)23-19(22-13)24-9-5-7-16(12-24)18(25)21-11-15-6-3-4-8-17(15)20/h3-4,6,8,10,16H,5,7,9,11-12H2,1-2H3,(H,21,25). The number of carbonyl (C=O) groups is 1. The van der Waals surface area contributed by atoms with Crippen molar-refractivity contribution in [3.63, 3.8) is 0 Å². The predicted molar refractivity (Wildman–Crippen MR) is 99.7 cm³/mol. The summed E-state index contributed by atoms with van der Waals surface area (Å²) in [5.41, 5.74) is 2.84. The fraction of sp³-hybridized carbons (Fsp3) is 0.421.